The number of methoxy groups -OCH3 is 2. The molecule has 0 fully saturated rings. The van der Waals surface area contributed by atoms with Crippen LogP contribution in [0.15, 0.2) is 42.5 Å². The van der Waals surface area contributed by atoms with Gasteiger partial charge in [0.05, 0.1) is 25.3 Å². The van der Waals surface area contributed by atoms with Gasteiger partial charge in [0, 0.05) is 12.5 Å². The van der Waals surface area contributed by atoms with Gasteiger partial charge in [-0.15, -0.1) is 0 Å². The summed E-state index contributed by atoms with van der Waals surface area (Å²) < 4.78 is 10.5. The Morgan fingerprint density at radius 3 is 2.60 bits per heavy atom. The summed E-state index contributed by atoms with van der Waals surface area (Å²) >= 11 is 0. The van der Waals surface area contributed by atoms with Gasteiger partial charge in [0.1, 0.15) is 17.3 Å². The maximum absolute atomic E-state index is 5.23. The Kier molecular flexibility index (Phi) is 3.29. The number of aromatic amines is 1. The summed E-state index contributed by atoms with van der Waals surface area (Å²) in [6, 6.07) is 13.8. The van der Waals surface area contributed by atoms with Gasteiger partial charge < -0.3 is 14.5 Å². The molecule has 4 heteroatoms. The van der Waals surface area contributed by atoms with Crippen LogP contribution in [0, 0.1) is 0 Å². The van der Waals surface area contributed by atoms with E-state index in [0.29, 0.717) is 0 Å². The third kappa shape index (κ3) is 2.45. The van der Waals surface area contributed by atoms with Crippen molar-refractivity contribution >= 4 is 11.0 Å². The Bertz CT molecular complexity index is 734. The maximum atomic E-state index is 5.23. The van der Waals surface area contributed by atoms with E-state index in [9.17, 15) is 0 Å². The number of aromatic nitrogens is 2. The SMILES string of the molecule is COc1cccc(Cc2nc3ccc(OC)cc3[nH]2)c1. The van der Waals surface area contributed by atoms with Crippen molar-refractivity contribution < 1.29 is 9.47 Å². The van der Waals surface area contributed by atoms with Gasteiger partial charge in [0.15, 0.2) is 0 Å². The molecule has 0 aliphatic rings. The maximum Gasteiger partial charge on any atom is 0.121 e. The molecular formula is C16H16N2O2. The van der Waals surface area contributed by atoms with Crippen LogP contribution in [0.3, 0.4) is 0 Å². The summed E-state index contributed by atoms with van der Waals surface area (Å²) in [6.07, 6.45) is 0.744. The molecular weight excluding hydrogens is 252 g/mol. The topological polar surface area (TPSA) is 47.1 Å². The van der Waals surface area contributed by atoms with Crippen molar-refractivity contribution in [2.24, 2.45) is 0 Å². The van der Waals surface area contributed by atoms with E-state index in [0.717, 1.165) is 40.3 Å². The van der Waals surface area contributed by atoms with Gasteiger partial charge in [0.2, 0.25) is 0 Å². The van der Waals surface area contributed by atoms with E-state index >= 15 is 0 Å². The summed E-state index contributed by atoms with van der Waals surface area (Å²) in [5.41, 5.74) is 3.10. The smallest absolute Gasteiger partial charge is 0.121 e. The van der Waals surface area contributed by atoms with Crippen LogP contribution in [0.25, 0.3) is 11.0 Å². The molecule has 20 heavy (non-hydrogen) atoms. The van der Waals surface area contributed by atoms with Gasteiger partial charge >= 0.3 is 0 Å². The average Bonchev–Trinajstić information content (AvgIpc) is 2.88. The third-order valence-electron chi connectivity index (χ3n) is 3.24. The highest BCUT2D eigenvalue weighted by atomic mass is 16.5. The molecule has 0 aliphatic heterocycles. The molecule has 0 unspecified atom stereocenters. The number of rotatable bonds is 4. The number of nitrogens with zero attached hydrogens (tertiary/aromatic N) is 1. The minimum Gasteiger partial charge on any atom is -0.497 e. The quantitative estimate of drug-likeness (QED) is 0.790. The third-order valence-corrected chi connectivity index (χ3v) is 3.24. The van der Waals surface area contributed by atoms with Gasteiger partial charge in [-0.3, -0.25) is 0 Å². The van der Waals surface area contributed by atoms with Crippen LogP contribution in [0.4, 0.5) is 0 Å². The lowest BCUT2D eigenvalue weighted by Gasteiger charge is -2.02. The van der Waals surface area contributed by atoms with Crippen molar-refractivity contribution in [1.82, 2.24) is 9.97 Å². The molecule has 0 spiro atoms. The Balaban J connectivity index is 1.90. The molecule has 1 heterocycles. The molecule has 3 rings (SSSR count). The van der Waals surface area contributed by atoms with Crippen LogP contribution in [-0.2, 0) is 6.42 Å². The Labute approximate surface area is 117 Å². The zero-order chi connectivity index (χ0) is 13.9. The van der Waals surface area contributed by atoms with Crippen molar-refractivity contribution in [3.8, 4) is 11.5 Å². The van der Waals surface area contributed by atoms with Crippen LogP contribution >= 0.6 is 0 Å². The van der Waals surface area contributed by atoms with Crippen molar-refractivity contribution in [2.45, 2.75) is 6.42 Å². The second-order valence-electron chi connectivity index (χ2n) is 4.59. The van der Waals surface area contributed by atoms with Crippen LogP contribution < -0.4 is 9.47 Å². The number of imidazole rings is 1. The van der Waals surface area contributed by atoms with Gasteiger partial charge in [-0.25, -0.2) is 4.98 Å². The van der Waals surface area contributed by atoms with Crippen LogP contribution in [0.2, 0.25) is 0 Å². The molecule has 4 nitrogen and oxygen atoms in total. The van der Waals surface area contributed by atoms with Gasteiger partial charge in [-0.05, 0) is 29.8 Å². The Hall–Kier alpha value is -2.49. The standard InChI is InChI=1S/C16H16N2O2/c1-19-12-5-3-4-11(8-12)9-16-17-14-7-6-13(20-2)10-15(14)18-16/h3-8,10H,9H2,1-2H3,(H,17,18). The first kappa shape index (κ1) is 12.5. The predicted molar refractivity (Wildman–Crippen MR) is 78.4 cm³/mol. The molecule has 3 aromatic rings. The van der Waals surface area contributed by atoms with Crippen LogP contribution in [0.1, 0.15) is 11.4 Å². The average molecular weight is 268 g/mol. The van der Waals surface area contributed by atoms with Gasteiger partial charge in [-0.1, -0.05) is 12.1 Å². The number of hydrogen-bond acceptors (Lipinski definition) is 3. The fourth-order valence-corrected chi connectivity index (χ4v) is 2.23. The molecule has 1 N–H and O–H groups in total. The van der Waals surface area contributed by atoms with Gasteiger partial charge in [-0.2, -0.15) is 0 Å². The molecule has 0 saturated carbocycles. The largest absolute Gasteiger partial charge is 0.497 e. The van der Waals surface area contributed by atoms with Crippen LogP contribution in [0.5, 0.6) is 11.5 Å². The second kappa shape index (κ2) is 5.25. The molecule has 0 amide bonds. The number of benzene rings is 2. The van der Waals surface area contributed by atoms with Crippen molar-refractivity contribution in [2.75, 3.05) is 14.2 Å². The first-order chi connectivity index (χ1) is 9.78. The Morgan fingerprint density at radius 1 is 1.00 bits per heavy atom. The highest BCUT2D eigenvalue weighted by Crippen LogP contribution is 2.20. The predicted octanol–water partition coefficient (Wildman–Crippen LogP) is 3.17. The van der Waals surface area contributed by atoms with Crippen molar-refractivity contribution in [1.29, 1.82) is 0 Å². The van der Waals surface area contributed by atoms with E-state index in [1.807, 2.05) is 36.4 Å². The normalized spacial score (nSPS) is 10.7. The highest BCUT2D eigenvalue weighted by molar-refractivity contribution is 5.76. The molecule has 0 aliphatic carbocycles. The summed E-state index contributed by atoms with van der Waals surface area (Å²) in [7, 11) is 3.33. The minimum absolute atomic E-state index is 0.744. The fraction of sp³-hybridized carbons (Fsp3) is 0.188. The molecule has 1 aromatic heterocycles. The fourth-order valence-electron chi connectivity index (χ4n) is 2.23. The zero-order valence-electron chi connectivity index (χ0n) is 11.5. The summed E-state index contributed by atoms with van der Waals surface area (Å²) in [4.78, 5) is 7.91. The summed E-state index contributed by atoms with van der Waals surface area (Å²) in [5.74, 6) is 2.62. The van der Waals surface area contributed by atoms with Gasteiger partial charge in [0.25, 0.3) is 0 Å². The number of H-pyrrole nitrogens is 1. The van der Waals surface area contributed by atoms with Crippen LogP contribution in [-0.4, -0.2) is 24.2 Å². The first-order valence-corrected chi connectivity index (χ1v) is 6.44. The van der Waals surface area contributed by atoms with E-state index in [1.54, 1.807) is 14.2 Å². The number of fused-ring (bicyclic) bond motifs is 1. The minimum atomic E-state index is 0.744. The molecule has 2 aromatic carbocycles. The number of ether oxygens (including phenoxy) is 2. The molecule has 102 valence electrons. The molecule has 0 saturated heterocycles. The zero-order valence-corrected chi connectivity index (χ0v) is 11.5. The Morgan fingerprint density at radius 2 is 1.80 bits per heavy atom. The highest BCUT2D eigenvalue weighted by Gasteiger charge is 2.05. The lowest BCUT2D eigenvalue weighted by atomic mass is 10.1. The monoisotopic (exact) mass is 268 g/mol. The van der Waals surface area contributed by atoms with Crippen molar-refractivity contribution in [3.05, 3.63) is 53.9 Å². The van der Waals surface area contributed by atoms with E-state index in [-0.39, 0.29) is 0 Å². The summed E-state index contributed by atoms with van der Waals surface area (Å²) in [5, 5.41) is 0. The lowest BCUT2D eigenvalue weighted by Crippen LogP contribution is -1.91. The molecule has 0 radical (unpaired) electrons. The van der Waals surface area contributed by atoms with E-state index in [4.69, 9.17) is 9.47 Å². The lowest BCUT2D eigenvalue weighted by molar-refractivity contribution is 0.414. The number of nitrogens with one attached hydrogen (secondary N) is 1. The molecule has 0 bridgehead atoms. The van der Waals surface area contributed by atoms with E-state index in [2.05, 4.69) is 16.0 Å². The molecule has 0 atom stereocenters. The summed E-state index contributed by atoms with van der Waals surface area (Å²) in [6.45, 7) is 0. The van der Waals surface area contributed by atoms with E-state index < -0.39 is 0 Å². The van der Waals surface area contributed by atoms with Crippen molar-refractivity contribution in [3.63, 3.8) is 0 Å². The van der Waals surface area contributed by atoms with E-state index in [1.165, 1.54) is 0 Å². The second-order valence-corrected chi connectivity index (χ2v) is 4.59. The number of hydrogen-bond donors (Lipinski definition) is 1. The first-order valence-electron chi connectivity index (χ1n) is 6.44.